The first kappa shape index (κ1) is 11.8. The van der Waals surface area contributed by atoms with E-state index in [1.165, 1.54) is 0 Å². The van der Waals surface area contributed by atoms with Crippen molar-refractivity contribution in [1.82, 2.24) is 4.98 Å². The molecule has 0 atom stereocenters. The third-order valence-electron chi connectivity index (χ3n) is 3.46. The second-order valence-electron chi connectivity index (χ2n) is 4.84. The second kappa shape index (κ2) is 4.56. The van der Waals surface area contributed by atoms with Gasteiger partial charge in [-0.3, -0.25) is 4.98 Å². The number of hydrogen-bond donors (Lipinski definition) is 2. The normalized spacial score (nSPS) is 11.2. The van der Waals surface area contributed by atoms with Crippen molar-refractivity contribution in [3.05, 3.63) is 64.8 Å². The highest BCUT2D eigenvalue weighted by Crippen LogP contribution is 2.22. The Kier molecular flexibility index (Phi) is 2.57. The Morgan fingerprint density at radius 3 is 2.95 bits per heavy atom. The number of oxazole rings is 1. The number of rotatable bonds is 3. The number of nitrogens with one attached hydrogen (secondary N) is 2. The third-order valence-corrected chi connectivity index (χ3v) is 3.46. The van der Waals surface area contributed by atoms with Gasteiger partial charge in [-0.25, -0.2) is 4.79 Å². The van der Waals surface area contributed by atoms with Crippen LogP contribution >= 0.6 is 0 Å². The van der Waals surface area contributed by atoms with Gasteiger partial charge in [0.05, 0.1) is 11.8 Å². The summed E-state index contributed by atoms with van der Waals surface area (Å²) < 4.78 is 10.5. The summed E-state index contributed by atoms with van der Waals surface area (Å²) in [5, 5.41) is 4.42. The monoisotopic (exact) mass is 280 g/mol. The summed E-state index contributed by atoms with van der Waals surface area (Å²) >= 11 is 0. The van der Waals surface area contributed by atoms with Crippen LogP contribution in [0.4, 0.5) is 5.69 Å². The molecule has 4 aromatic rings. The van der Waals surface area contributed by atoms with E-state index in [1.54, 1.807) is 12.3 Å². The summed E-state index contributed by atoms with van der Waals surface area (Å²) in [6.45, 7) is 0.643. The van der Waals surface area contributed by atoms with Crippen molar-refractivity contribution in [2.45, 2.75) is 6.54 Å². The van der Waals surface area contributed by atoms with Gasteiger partial charge in [-0.15, -0.1) is 0 Å². The van der Waals surface area contributed by atoms with Crippen molar-refractivity contribution >= 4 is 27.8 Å². The molecule has 4 rings (SSSR count). The van der Waals surface area contributed by atoms with Gasteiger partial charge in [-0.1, -0.05) is 18.2 Å². The van der Waals surface area contributed by atoms with E-state index >= 15 is 0 Å². The number of furan rings is 1. The van der Waals surface area contributed by atoms with Crippen molar-refractivity contribution in [2.24, 2.45) is 0 Å². The number of fused-ring (bicyclic) bond motifs is 2. The molecule has 2 aromatic heterocycles. The van der Waals surface area contributed by atoms with Crippen LogP contribution in [0.15, 0.2) is 62.4 Å². The number of benzene rings is 2. The van der Waals surface area contributed by atoms with Crippen LogP contribution in [-0.4, -0.2) is 4.98 Å². The quantitative estimate of drug-likeness (QED) is 0.602. The molecular weight excluding hydrogens is 268 g/mol. The van der Waals surface area contributed by atoms with Crippen LogP contribution in [0.3, 0.4) is 0 Å². The van der Waals surface area contributed by atoms with Gasteiger partial charge in [0.15, 0.2) is 5.58 Å². The first-order valence-electron chi connectivity index (χ1n) is 6.61. The highest BCUT2D eigenvalue weighted by atomic mass is 16.4. The second-order valence-corrected chi connectivity index (χ2v) is 4.84. The van der Waals surface area contributed by atoms with Gasteiger partial charge < -0.3 is 14.2 Å². The van der Waals surface area contributed by atoms with E-state index in [9.17, 15) is 4.79 Å². The predicted octanol–water partition coefficient (Wildman–Crippen LogP) is 3.48. The zero-order valence-electron chi connectivity index (χ0n) is 11.1. The van der Waals surface area contributed by atoms with Gasteiger partial charge in [-0.2, -0.15) is 0 Å². The average molecular weight is 280 g/mol. The zero-order valence-corrected chi connectivity index (χ0v) is 11.1. The maximum Gasteiger partial charge on any atom is 0.417 e. The molecule has 0 aliphatic carbocycles. The number of para-hydroxylation sites is 1. The highest BCUT2D eigenvalue weighted by molar-refractivity contribution is 5.81. The minimum Gasteiger partial charge on any atom is -0.464 e. The predicted molar refractivity (Wildman–Crippen MR) is 80.4 cm³/mol. The number of aromatic nitrogens is 1. The number of aromatic amines is 1. The van der Waals surface area contributed by atoms with Crippen molar-refractivity contribution in [3.8, 4) is 0 Å². The molecule has 0 amide bonds. The number of H-pyrrole nitrogens is 1. The zero-order chi connectivity index (χ0) is 14.2. The van der Waals surface area contributed by atoms with Crippen LogP contribution in [0, 0.1) is 0 Å². The van der Waals surface area contributed by atoms with Crippen molar-refractivity contribution < 1.29 is 8.83 Å². The summed E-state index contributed by atoms with van der Waals surface area (Å²) in [6, 6.07) is 13.4. The van der Waals surface area contributed by atoms with Crippen LogP contribution < -0.4 is 11.1 Å². The third kappa shape index (κ3) is 2.08. The Morgan fingerprint density at radius 2 is 2.00 bits per heavy atom. The van der Waals surface area contributed by atoms with Gasteiger partial charge >= 0.3 is 5.76 Å². The Hall–Kier alpha value is -2.95. The molecule has 5 nitrogen and oxygen atoms in total. The fraction of sp³-hybridized carbons (Fsp3) is 0.0625. The van der Waals surface area contributed by atoms with E-state index in [-0.39, 0.29) is 0 Å². The minimum atomic E-state index is -0.442. The molecule has 0 spiro atoms. The Labute approximate surface area is 119 Å². The summed E-state index contributed by atoms with van der Waals surface area (Å²) in [4.78, 5) is 13.8. The lowest BCUT2D eigenvalue weighted by molar-refractivity contribution is 0.555. The van der Waals surface area contributed by atoms with Gasteiger partial charge in [0.25, 0.3) is 0 Å². The summed E-state index contributed by atoms with van der Waals surface area (Å²) in [5.41, 5.74) is 4.11. The number of hydrogen-bond acceptors (Lipinski definition) is 4. The first-order valence-corrected chi connectivity index (χ1v) is 6.61. The van der Waals surface area contributed by atoms with Gasteiger partial charge in [0.1, 0.15) is 5.58 Å². The molecule has 0 bridgehead atoms. The standard InChI is InChI=1S/C16H12N2O3/c19-16-18-13-7-11(5-6-15(13)21-16)17-8-10-9-20-14-4-2-1-3-12(10)14/h1-7,9,17H,8H2,(H,18,19). The average Bonchev–Trinajstić information content (AvgIpc) is 3.07. The van der Waals surface area contributed by atoms with Crippen LogP contribution in [0.25, 0.3) is 22.1 Å². The van der Waals surface area contributed by atoms with E-state index in [1.807, 2.05) is 36.4 Å². The molecule has 0 saturated carbocycles. The lowest BCUT2D eigenvalue weighted by Crippen LogP contribution is -1.98. The minimum absolute atomic E-state index is 0.442. The molecule has 21 heavy (non-hydrogen) atoms. The smallest absolute Gasteiger partial charge is 0.417 e. The molecule has 2 aromatic carbocycles. The highest BCUT2D eigenvalue weighted by Gasteiger charge is 2.06. The Morgan fingerprint density at radius 1 is 1.10 bits per heavy atom. The summed E-state index contributed by atoms with van der Waals surface area (Å²) in [5.74, 6) is -0.442. The maximum absolute atomic E-state index is 11.1. The largest absolute Gasteiger partial charge is 0.464 e. The fourth-order valence-corrected chi connectivity index (χ4v) is 2.43. The van der Waals surface area contributed by atoms with Crippen molar-refractivity contribution in [1.29, 1.82) is 0 Å². The Balaban J connectivity index is 1.61. The maximum atomic E-state index is 11.1. The van der Waals surface area contributed by atoms with E-state index in [0.29, 0.717) is 17.6 Å². The Bertz CT molecular complexity index is 978. The molecule has 0 radical (unpaired) electrons. The molecular formula is C16H12N2O3. The first-order chi connectivity index (χ1) is 10.3. The molecule has 0 unspecified atom stereocenters. The van der Waals surface area contributed by atoms with E-state index in [4.69, 9.17) is 8.83 Å². The van der Waals surface area contributed by atoms with Gasteiger partial charge in [0.2, 0.25) is 0 Å². The number of anilines is 1. The lowest BCUT2D eigenvalue weighted by atomic mass is 10.2. The summed E-state index contributed by atoms with van der Waals surface area (Å²) in [7, 11) is 0. The van der Waals surface area contributed by atoms with Crippen LogP contribution in [-0.2, 0) is 6.54 Å². The molecule has 0 saturated heterocycles. The molecule has 5 heteroatoms. The molecule has 0 fully saturated rings. The van der Waals surface area contributed by atoms with Crippen LogP contribution in [0.5, 0.6) is 0 Å². The molecule has 104 valence electrons. The van der Waals surface area contributed by atoms with Crippen LogP contribution in [0.1, 0.15) is 5.56 Å². The van der Waals surface area contributed by atoms with Crippen LogP contribution in [0.2, 0.25) is 0 Å². The van der Waals surface area contributed by atoms with Gasteiger partial charge in [-0.05, 0) is 24.3 Å². The van der Waals surface area contributed by atoms with Crippen molar-refractivity contribution in [3.63, 3.8) is 0 Å². The topological polar surface area (TPSA) is 71.2 Å². The molecule has 2 N–H and O–H groups in total. The molecule has 2 heterocycles. The fourth-order valence-electron chi connectivity index (χ4n) is 2.43. The van der Waals surface area contributed by atoms with Gasteiger partial charge in [0, 0.05) is 23.2 Å². The lowest BCUT2D eigenvalue weighted by Gasteiger charge is -2.04. The van der Waals surface area contributed by atoms with E-state index in [2.05, 4.69) is 10.3 Å². The SMILES string of the molecule is O=c1[nH]c2cc(NCc3coc4ccccc34)ccc2o1. The molecule has 0 aliphatic rings. The summed E-state index contributed by atoms with van der Waals surface area (Å²) in [6.07, 6.45) is 1.76. The molecule has 0 aliphatic heterocycles. The van der Waals surface area contributed by atoms with E-state index in [0.717, 1.165) is 22.2 Å². The van der Waals surface area contributed by atoms with E-state index < -0.39 is 5.76 Å². The van der Waals surface area contributed by atoms with Crippen molar-refractivity contribution in [2.75, 3.05) is 5.32 Å².